The maximum Gasteiger partial charge on any atom is 0.325 e. The summed E-state index contributed by atoms with van der Waals surface area (Å²) in [6.07, 6.45) is 6.62. The van der Waals surface area contributed by atoms with Gasteiger partial charge in [0.25, 0.3) is 5.91 Å². The second-order valence-corrected chi connectivity index (χ2v) is 9.46. The molecule has 4 rings (SSSR count). The number of imide groups is 1. The number of ether oxygens (including phenoxy) is 2. The zero-order valence-electron chi connectivity index (χ0n) is 20.2. The standard InChI is InChI=1S/C25H36N4O5/c1-33-21-10-8-17(14-22(21)34-2)16-29-24(31)19(27-25(29)32)9-11-23(30)26-15-18-6-5-13-28-12-4-3-7-20(18)28/h8,10,14,18-20H,3-7,9,11-13,15-16H2,1-2H3,(H,26,30)(H,27,32). The Hall–Kier alpha value is -2.81. The van der Waals surface area contributed by atoms with Gasteiger partial charge in [-0.1, -0.05) is 12.5 Å². The summed E-state index contributed by atoms with van der Waals surface area (Å²) in [6.45, 7) is 3.18. The number of carbonyl (C=O) groups excluding carboxylic acids is 3. The lowest BCUT2D eigenvalue weighted by Crippen LogP contribution is -2.51. The fraction of sp³-hybridized carbons (Fsp3) is 0.640. The van der Waals surface area contributed by atoms with Crippen LogP contribution in [-0.4, -0.2) is 73.6 Å². The van der Waals surface area contributed by atoms with Gasteiger partial charge < -0.3 is 25.0 Å². The normalized spacial score (nSPS) is 25.0. The molecule has 0 aliphatic carbocycles. The van der Waals surface area contributed by atoms with Crippen LogP contribution in [0.1, 0.15) is 50.5 Å². The topological polar surface area (TPSA) is 100 Å². The van der Waals surface area contributed by atoms with Crippen molar-refractivity contribution in [3.05, 3.63) is 23.8 Å². The Morgan fingerprint density at radius 3 is 2.68 bits per heavy atom. The molecule has 0 bridgehead atoms. The number of urea groups is 1. The Morgan fingerprint density at radius 1 is 1.09 bits per heavy atom. The molecule has 2 N–H and O–H groups in total. The van der Waals surface area contributed by atoms with Crippen molar-refractivity contribution < 1.29 is 23.9 Å². The van der Waals surface area contributed by atoms with Gasteiger partial charge in [0.1, 0.15) is 6.04 Å². The molecule has 0 radical (unpaired) electrons. The first-order valence-corrected chi connectivity index (χ1v) is 12.3. The van der Waals surface area contributed by atoms with Gasteiger partial charge in [-0.05, 0) is 68.8 Å². The minimum absolute atomic E-state index is 0.0617. The zero-order valence-corrected chi connectivity index (χ0v) is 20.2. The molecule has 3 fully saturated rings. The van der Waals surface area contributed by atoms with Crippen LogP contribution < -0.4 is 20.1 Å². The number of fused-ring (bicyclic) bond motifs is 1. The summed E-state index contributed by atoms with van der Waals surface area (Å²) in [6, 6.07) is 4.75. The van der Waals surface area contributed by atoms with Crippen LogP contribution in [0.15, 0.2) is 18.2 Å². The van der Waals surface area contributed by atoms with Gasteiger partial charge in [0.15, 0.2) is 11.5 Å². The number of benzene rings is 1. The molecule has 1 aromatic carbocycles. The number of rotatable bonds is 9. The van der Waals surface area contributed by atoms with E-state index in [9.17, 15) is 14.4 Å². The summed E-state index contributed by atoms with van der Waals surface area (Å²) < 4.78 is 10.5. The molecule has 0 spiro atoms. The molecule has 4 amide bonds. The number of piperidine rings is 2. The molecule has 3 heterocycles. The third-order valence-corrected chi connectivity index (χ3v) is 7.35. The van der Waals surface area contributed by atoms with Gasteiger partial charge in [-0.25, -0.2) is 4.79 Å². The lowest BCUT2D eigenvalue weighted by Gasteiger charge is -2.44. The third kappa shape index (κ3) is 5.46. The number of methoxy groups -OCH3 is 2. The first-order chi connectivity index (χ1) is 16.5. The highest BCUT2D eigenvalue weighted by molar-refractivity contribution is 6.04. The van der Waals surface area contributed by atoms with Crippen molar-refractivity contribution in [3.63, 3.8) is 0 Å². The van der Waals surface area contributed by atoms with Crippen LogP contribution >= 0.6 is 0 Å². The predicted octanol–water partition coefficient (Wildman–Crippen LogP) is 2.29. The van der Waals surface area contributed by atoms with E-state index in [0.29, 0.717) is 36.4 Å². The van der Waals surface area contributed by atoms with Crippen LogP contribution in [0, 0.1) is 5.92 Å². The van der Waals surface area contributed by atoms with Crippen molar-refractivity contribution in [1.82, 2.24) is 20.4 Å². The maximum absolute atomic E-state index is 12.8. The zero-order chi connectivity index (χ0) is 24.1. The summed E-state index contributed by atoms with van der Waals surface area (Å²) >= 11 is 0. The Bertz CT molecular complexity index is 905. The van der Waals surface area contributed by atoms with Gasteiger partial charge in [0.2, 0.25) is 5.91 Å². The van der Waals surface area contributed by atoms with E-state index in [2.05, 4.69) is 15.5 Å². The Labute approximate surface area is 201 Å². The maximum atomic E-state index is 12.8. The second kappa shape index (κ2) is 11.1. The van der Waals surface area contributed by atoms with E-state index in [4.69, 9.17) is 9.47 Å². The molecule has 9 nitrogen and oxygen atoms in total. The highest BCUT2D eigenvalue weighted by Gasteiger charge is 2.38. The van der Waals surface area contributed by atoms with Crippen LogP contribution in [-0.2, 0) is 16.1 Å². The van der Waals surface area contributed by atoms with Crippen LogP contribution in [0.3, 0.4) is 0 Å². The largest absolute Gasteiger partial charge is 0.493 e. The predicted molar refractivity (Wildman–Crippen MR) is 127 cm³/mol. The quantitative estimate of drug-likeness (QED) is 0.535. The lowest BCUT2D eigenvalue weighted by atomic mass is 9.83. The minimum atomic E-state index is -0.679. The Kier molecular flexibility index (Phi) is 7.92. The van der Waals surface area contributed by atoms with Crippen LogP contribution in [0.4, 0.5) is 4.79 Å². The Balaban J connectivity index is 1.25. The summed E-state index contributed by atoms with van der Waals surface area (Å²) in [5.74, 6) is 1.25. The van der Waals surface area contributed by atoms with E-state index in [1.807, 2.05) is 0 Å². The summed E-state index contributed by atoms with van der Waals surface area (Å²) in [4.78, 5) is 41.5. The Morgan fingerprint density at radius 2 is 1.88 bits per heavy atom. The van der Waals surface area contributed by atoms with Gasteiger partial charge in [0, 0.05) is 19.0 Å². The van der Waals surface area contributed by atoms with E-state index in [1.165, 1.54) is 50.8 Å². The van der Waals surface area contributed by atoms with Gasteiger partial charge in [0.05, 0.1) is 20.8 Å². The summed E-state index contributed by atoms with van der Waals surface area (Å²) in [5.41, 5.74) is 0.754. The van der Waals surface area contributed by atoms with E-state index >= 15 is 0 Å². The molecule has 0 aromatic heterocycles. The molecule has 3 unspecified atom stereocenters. The fourth-order valence-electron chi connectivity index (χ4n) is 5.51. The molecule has 9 heteroatoms. The van der Waals surface area contributed by atoms with E-state index in [-0.39, 0.29) is 24.8 Å². The van der Waals surface area contributed by atoms with Gasteiger partial charge in [-0.15, -0.1) is 0 Å². The highest BCUT2D eigenvalue weighted by Crippen LogP contribution is 2.31. The smallest absolute Gasteiger partial charge is 0.325 e. The van der Waals surface area contributed by atoms with Crippen molar-refractivity contribution in [1.29, 1.82) is 0 Å². The van der Waals surface area contributed by atoms with Gasteiger partial charge in [-0.2, -0.15) is 0 Å². The third-order valence-electron chi connectivity index (χ3n) is 7.35. The SMILES string of the molecule is COc1ccc(CN2C(=O)NC(CCC(=O)NCC3CCCN4CCCCC34)C2=O)cc1OC. The fourth-order valence-corrected chi connectivity index (χ4v) is 5.51. The number of carbonyl (C=O) groups is 3. The van der Waals surface area contributed by atoms with E-state index < -0.39 is 12.1 Å². The second-order valence-electron chi connectivity index (χ2n) is 9.46. The first-order valence-electron chi connectivity index (χ1n) is 12.3. The molecule has 3 saturated heterocycles. The average molecular weight is 473 g/mol. The molecule has 186 valence electrons. The minimum Gasteiger partial charge on any atom is -0.493 e. The molecule has 3 aliphatic heterocycles. The molecule has 34 heavy (non-hydrogen) atoms. The molecular weight excluding hydrogens is 436 g/mol. The van der Waals surface area contributed by atoms with Crippen molar-refractivity contribution in [2.24, 2.45) is 5.92 Å². The number of nitrogens with one attached hydrogen (secondary N) is 2. The molecule has 0 saturated carbocycles. The number of hydrogen-bond acceptors (Lipinski definition) is 6. The van der Waals surface area contributed by atoms with E-state index in [0.717, 1.165) is 12.0 Å². The van der Waals surface area contributed by atoms with Crippen LogP contribution in [0.2, 0.25) is 0 Å². The summed E-state index contributed by atoms with van der Waals surface area (Å²) in [5, 5.41) is 5.80. The van der Waals surface area contributed by atoms with Crippen LogP contribution in [0.25, 0.3) is 0 Å². The molecule has 3 atom stereocenters. The highest BCUT2D eigenvalue weighted by atomic mass is 16.5. The number of nitrogens with zero attached hydrogens (tertiary/aromatic N) is 2. The molecule has 3 aliphatic rings. The monoisotopic (exact) mass is 472 g/mol. The molecular formula is C25H36N4O5. The average Bonchev–Trinajstić information content (AvgIpc) is 3.13. The van der Waals surface area contributed by atoms with E-state index in [1.54, 1.807) is 25.3 Å². The first kappa shape index (κ1) is 24.3. The van der Waals surface area contributed by atoms with Crippen LogP contribution in [0.5, 0.6) is 11.5 Å². The van der Waals surface area contributed by atoms with Crippen molar-refractivity contribution >= 4 is 17.8 Å². The number of amides is 4. The van der Waals surface area contributed by atoms with Gasteiger partial charge in [-0.3, -0.25) is 14.5 Å². The lowest BCUT2D eigenvalue weighted by molar-refractivity contribution is -0.128. The molecule has 1 aromatic rings. The summed E-state index contributed by atoms with van der Waals surface area (Å²) in [7, 11) is 3.09. The van der Waals surface area contributed by atoms with Crippen molar-refractivity contribution in [2.75, 3.05) is 33.9 Å². The van der Waals surface area contributed by atoms with Gasteiger partial charge >= 0.3 is 6.03 Å². The van der Waals surface area contributed by atoms with Crippen molar-refractivity contribution in [3.8, 4) is 11.5 Å². The number of hydrogen-bond donors (Lipinski definition) is 2. The van der Waals surface area contributed by atoms with Crippen molar-refractivity contribution in [2.45, 2.75) is 63.6 Å².